The van der Waals surface area contributed by atoms with E-state index in [9.17, 15) is 0 Å². The van der Waals surface area contributed by atoms with Crippen LogP contribution in [-0.4, -0.2) is 10.1 Å². The first kappa shape index (κ1) is 12.8. The zero-order valence-corrected chi connectivity index (χ0v) is 13.3. The highest BCUT2D eigenvalue weighted by Gasteiger charge is 2.39. The third-order valence-corrected chi connectivity index (χ3v) is 6.78. The molecular formula is C16H13N3OS2. The maximum Gasteiger partial charge on any atom is 0.268 e. The third kappa shape index (κ3) is 1.71. The predicted octanol–water partition coefficient (Wildman–Crippen LogP) is 4.50. The number of thiophene rings is 2. The van der Waals surface area contributed by atoms with Crippen molar-refractivity contribution < 1.29 is 4.52 Å². The number of nitrogens with two attached hydrogens (primary N) is 1. The van der Waals surface area contributed by atoms with Crippen molar-refractivity contribution in [1.82, 2.24) is 10.1 Å². The summed E-state index contributed by atoms with van der Waals surface area (Å²) in [5.41, 5.74) is 5.89. The lowest BCUT2D eigenvalue weighted by molar-refractivity contribution is 0.229. The summed E-state index contributed by atoms with van der Waals surface area (Å²) in [6.07, 6.45) is 3.02. The fourth-order valence-corrected chi connectivity index (χ4v) is 5.36. The first-order valence-corrected chi connectivity index (χ1v) is 8.91. The molecule has 3 aromatic heterocycles. The van der Waals surface area contributed by atoms with E-state index < -0.39 is 0 Å². The molecule has 4 aromatic rings. The lowest BCUT2D eigenvalue weighted by atomic mass is 9.77. The van der Waals surface area contributed by atoms with Gasteiger partial charge in [0.25, 0.3) is 5.89 Å². The van der Waals surface area contributed by atoms with E-state index in [1.807, 2.05) is 0 Å². The van der Waals surface area contributed by atoms with Gasteiger partial charge in [-0.05, 0) is 31.4 Å². The second-order valence-electron chi connectivity index (χ2n) is 5.84. The Morgan fingerprint density at radius 2 is 2.00 bits per heavy atom. The molecule has 3 heterocycles. The van der Waals surface area contributed by atoms with E-state index in [0.29, 0.717) is 11.7 Å². The topological polar surface area (TPSA) is 64.9 Å². The van der Waals surface area contributed by atoms with Crippen molar-refractivity contribution >= 4 is 42.2 Å². The molecule has 110 valence electrons. The SMILES string of the molecule is NC1(c2noc(-c3cc4sc5ccccc5c4s3)n2)CCC1. The summed E-state index contributed by atoms with van der Waals surface area (Å²) in [4.78, 5) is 5.56. The van der Waals surface area contributed by atoms with Crippen molar-refractivity contribution in [2.45, 2.75) is 24.8 Å². The molecule has 22 heavy (non-hydrogen) atoms. The molecule has 1 aliphatic rings. The van der Waals surface area contributed by atoms with Crippen molar-refractivity contribution in [3.63, 3.8) is 0 Å². The molecule has 0 aliphatic heterocycles. The quantitative estimate of drug-likeness (QED) is 0.588. The van der Waals surface area contributed by atoms with Gasteiger partial charge in [0.15, 0.2) is 5.82 Å². The Balaban J connectivity index is 1.61. The van der Waals surface area contributed by atoms with Gasteiger partial charge in [-0.15, -0.1) is 22.7 Å². The van der Waals surface area contributed by atoms with Crippen LogP contribution in [0.25, 0.3) is 30.3 Å². The normalized spacial score (nSPS) is 17.1. The Bertz CT molecular complexity index is 993. The first-order chi connectivity index (χ1) is 10.7. The monoisotopic (exact) mass is 327 g/mol. The molecule has 0 amide bonds. The van der Waals surface area contributed by atoms with Crippen LogP contribution in [0.15, 0.2) is 34.9 Å². The van der Waals surface area contributed by atoms with Crippen LogP contribution in [0.2, 0.25) is 0 Å². The average molecular weight is 327 g/mol. The molecule has 4 nitrogen and oxygen atoms in total. The van der Waals surface area contributed by atoms with Gasteiger partial charge in [-0.2, -0.15) is 4.98 Å². The molecule has 0 spiro atoms. The number of aromatic nitrogens is 2. The van der Waals surface area contributed by atoms with Gasteiger partial charge in [-0.25, -0.2) is 0 Å². The summed E-state index contributed by atoms with van der Waals surface area (Å²) < 4.78 is 9.34. The summed E-state index contributed by atoms with van der Waals surface area (Å²) in [6.45, 7) is 0. The minimum absolute atomic E-state index is 0.372. The molecule has 0 saturated heterocycles. The highest BCUT2D eigenvalue weighted by molar-refractivity contribution is 7.33. The standard InChI is InChI=1S/C16H13N3OS2/c17-16(6-3-7-16)15-18-14(20-19-15)12-8-11-13(22-12)9-4-1-2-5-10(9)21-11/h1-2,4-5,8H,3,6-7,17H2. The number of nitrogens with zero attached hydrogens (tertiary/aromatic N) is 2. The smallest absolute Gasteiger partial charge is 0.268 e. The number of hydrogen-bond acceptors (Lipinski definition) is 6. The Kier molecular flexibility index (Phi) is 2.54. The third-order valence-electron chi connectivity index (χ3n) is 4.38. The van der Waals surface area contributed by atoms with E-state index in [1.54, 1.807) is 22.7 Å². The van der Waals surface area contributed by atoms with Crippen LogP contribution in [0.4, 0.5) is 0 Å². The summed E-state index contributed by atoms with van der Waals surface area (Å²) in [6, 6.07) is 10.6. The van der Waals surface area contributed by atoms with Gasteiger partial charge in [0, 0.05) is 14.8 Å². The van der Waals surface area contributed by atoms with Crippen LogP contribution < -0.4 is 5.73 Å². The first-order valence-electron chi connectivity index (χ1n) is 7.27. The number of hydrogen-bond donors (Lipinski definition) is 1. The Labute approximate surface area is 134 Å². The van der Waals surface area contributed by atoms with E-state index in [1.165, 1.54) is 19.5 Å². The summed E-state index contributed by atoms with van der Waals surface area (Å²) >= 11 is 3.51. The van der Waals surface area contributed by atoms with Gasteiger partial charge in [-0.1, -0.05) is 23.4 Å². The molecule has 6 heteroatoms. The summed E-state index contributed by atoms with van der Waals surface area (Å²) in [5, 5.41) is 5.40. The highest BCUT2D eigenvalue weighted by Crippen LogP contribution is 2.43. The van der Waals surface area contributed by atoms with Crippen LogP contribution in [0.1, 0.15) is 25.1 Å². The summed E-state index contributed by atoms with van der Waals surface area (Å²) in [5.74, 6) is 1.24. The van der Waals surface area contributed by atoms with E-state index >= 15 is 0 Å². The van der Waals surface area contributed by atoms with E-state index in [2.05, 4.69) is 40.5 Å². The lowest BCUT2D eigenvalue weighted by Crippen LogP contribution is -2.44. The van der Waals surface area contributed by atoms with Crippen LogP contribution in [-0.2, 0) is 5.54 Å². The van der Waals surface area contributed by atoms with Gasteiger partial charge in [0.05, 0.1) is 15.1 Å². The minimum Gasteiger partial charge on any atom is -0.333 e. The summed E-state index contributed by atoms with van der Waals surface area (Å²) in [7, 11) is 0. The van der Waals surface area contributed by atoms with Gasteiger partial charge < -0.3 is 10.3 Å². The number of benzene rings is 1. The molecular weight excluding hydrogens is 314 g/mol. The molecule has 1 aromatic carbocycles. The van der Waals surface area contributed by atoms with Crippen molar-refractivity contribution in [2.75, 3.05) is 0 Å². The average Bonchev–Trinajstić information content (AvgIpc) is 3.18. The molecule has 0 radical (unpaired) electrons. The second-order valence-corrected chi connectivity index (χ2v) is 7.97. The maximum atomic E-state index is 6.27. The maximum absolute atomic E-state index is 6.27. The molecule has 0 bridgehead atoms. The Morgan fingerprint density at radius 1 is 1.14 bits per heavy atom. The van der Waals surface area contributed by atoms with Crippen molar-refractivity contribution in [3.8, 4) is 10.8 Å². The second kappa shape index (κ2) is 4.38. The fourth-order valence-electron chi connectivity index (χ4n) is 2.91. The van der Waals surface area contributed by atoms with Gasteiger partial charge in [0.1, 0.15) is 0 Å². The highest BCUT2D eigenvalue weighted by atomic mass is 32.1. The van der Waals surface area contributed by atoms with E-state index in [4.69, 9.17) is 10.3 Å². The molecule has 1 saturated carbocycles. The van der Waals surface area contributed by atoms with Crippen LogP contribution >= 0.6 is 22.7 Å². The van der Waals surface area contributed by atoms with E-state index in [-0.39, 0.29) is 5.54 Å². The lowest BCUT2D eigenvalue weighted by Gasteiger charge is -2.34. The van der Waals surface area contributed by atoms with Crippen LogP contribution in [0.3, 0.4) is 0 Å². The zero-order valence-electron chi connectivity index (χ0n) is 11.7. The van der Waals surface area contributed by atoms with Gasteiger partial charge in [0.2, 0.25) is 0 Å². The molecule has 5 rings (SSSR count). The zero-order chi connectivity index (χ0) is 14.7. The predicted molar refractivity (Wildman–Crippen MR) is 90.2 cm³/mol. The van der Waals surface area contributed by atoms with Gasteiger partial charge in [-0.3, -0.25) is 0 Å². The molecule has 1 fully saturated rings. The van der Waals surface area contributed by atoms with Crippen LogP contribution in [0.5, 0.6) is 0 Å². The van der Waals surface area contributed by atoms with Crippen molar-refractivity contribution in [3.05, 3.63) is 36.2 Å². The minimum atomic E-state index is -0.372. The Hall–Kier alpha value is -1.76. The number of rotatable bonds is 2. The van der Waals surface area contributed by atoms with Crippen molar-refractivity contribution in [1.29, 1.82) is 0 Å². The molecule has 0 unspecified atom stereocenters. The van der Waals surface area contributed by atoms with E-state index in [0.717, 1.165) is 24.1 Å². The van der Waals surface area contributed by atoms with Gasteiger partial charge >= 0.3 is 0 Å². The number of fused-ring (bicyclic) bond motifs is 3. The molecule has 1 aliphatic carbocycles. The van der Waals surface area contributed by atoms with Crippen LogP contribution in [0, 0.1) is 0 Å². The molecule has 0 atom stereocenters. The largest absolute Gasteiger partial charge is 0.333 e. The Morgan fingerprint density at radius 3 is 2.82 bits per heavy atom. The van der Waals surface area contributed by atoms with Crippen molar-refractivity contribution in [2.24, 2.45) is 5.73 Å². The fraction of sp³-hybridized carbons (Fsp3) is 0.250. The molecule has 2 N–H and O–H groups in total.